The van der Waals surface area contributed by atoms with Crippen LogP contribution in [0.3, 0.4) is 0 Å². The third kappa shape index (κ3) is 2.84. The molecule has 7 heteroatoms. The van der Waals surface area contributed by atoms with Crippen LogP contribution in [0.2, 0.25) is 0 Å². The molecule has 0 saturated carbocycles. The van der Waals surface area contributed by atoms with Crippen LogP contribution in [0.5, 0.6) is 0 Å². The lowest BCUT2D eigenvalue weighted by molar-refractivity contribution is -0.153. The van der Waals surface area contributed by atoms with Crippen LogP contribution in [-0.2, 0) is 16.1 Å². The van der Waals surface area contributed by atoms with Gasteiger partial charge < -0.3 is 9.84 Å². The Labute approximate surface area is 128 Å². The molecule has 1 N–H and O–H groups in total. The number of aliphatic carboxylic acids is 1. The summed E-state index contributed by atoms with van der Waals surface area (Å²) in [4.78, 5) is 19.5. The Bertz CT molecular complexity index is 541. The molecular formula is C15H20FN3O3. The second kappa shape index (κ2) is 6.28. The molecule has 3 rings (SSSR count). The van der Waals surface area contributed by atoms with Gasteiger partial charge in [-0.05, 0) is 6.07 Å². The summed E-state index contributed by atoms with van der Waals surface area (Å²) in [5.74, 6) is -1.10. The molecule has 1 unspecified atom stereocenters. The van der Waals surface area contributed by atoms with Crippen molar-refractivity contribution in [2.45, 2.75) is 18.5 Å². The first-order chi connectivity index (χ1) is 10.6. The molecule has 22 heavy (non-hydrogen) atoms. The molecule has 2 aliphatic heterocycles. The number of rotatable bonds is 4. The van der Waals surface area contributed by atoms with Crippen molar-refractivity contribution in [2.24, 2.45) is 0 Å². The van der Waals surface area contributed by atoms with E-state index in [-0.39, 0.29) is 12.4 Å². The summed E-state index contributed by atoms with van der Waals surface area (Å²) in [5, 5.41) is 9.56. The van der Waals surface area contributed by atoms with E-state index in [0.29, 0.717) is 38.2 Å². The lowest BCUT2D eigenvalue weighted by Crippen LogP contribution is -2.61. The van der Waals surface area contributed by atoms with Crippen molar-refractivity contribution in [2.75, 3.05) is 39.4 Å². The zero-order valence-corrected chi connectivity index (χ0v) is 12.4. The predicted octanol–water partition coefficient (Wildman–Crippen LogP) is 0.582. The highest BCUT2D eigenvalue weighted by Gasteiger charge is 2.48. The van der Waals surface area contributed by atoms with E-state index in [4.69, 9.17) is 4.74 Å². The molecule has 0 spiro atoms. The molecule has 120 valence electrons. The van der Waals surface area contributed by atoms with Crippen LogP contribution in [0, 0.1) is 5.82 Å². The number of hydrogen-bond donors (Lipinski definition) is 1. The van der Waals surface area contributed by atoms with Gasteiger partial charge in [0.05, 0.1) is 12.8 Å². The van der Waals surface area contributed by atoms with Gasteiger partial charge in [-0.1, -0.05) is 0 Å². The van der Waals surface area contributed by atoms with E-state index in [9.17, 15) is 14.3 Å². The first-order valence-electron chi connectivity index (χ1n) is 7.49. The molecule has 2 aliphatic rings. The van der Waals surface area contributed by atoms with Crippen molar-refractivity contribution in [3.05, 3.63) is 29.8 Å². The van der Waals surface area contributed by atoms with Gasteiger partial charge in [-0.3, -0.25) is 19.6 Å². The van der Waals surface area contributed by atoms with Gasteiger partial charge in [0, 0.05) is 57.5 Å². The van der Waals surface area contributed by atoms with Gasteiger partial charge in [0.2, 0.25) is 0 Å². The summed E-state index contributed by atoms with van der Waals surface area (Å²) in [7, 11) is 0. The van der Waals surface area contributed by atoms with Crippen LogP contribution in [0.15, 0.2) is 18.5 Å². The van der Waals surface area contributed by atoms with E-state index in [2.05, 4.69) is 9.88 Å². The molecule has 6 nitrogen and oxygen atoms in total. The second-order valence-electron chi connectivity index (χ2n) is 5.87. The fourth-order valence-electron chi connectivity index (χ4n) is 3.21. The Kier molecular flexibility index (Phi) is 4.37. The molecule has 0 amide bonds. The molecule has 0 bridgehead atoms. The zero-order chi connectivity index (χ0) is 15.6. The van der Waals surface area contributed by atoms with Gasteiger partial charge in [-0.2, -0.15) is 0 Å². The first kappa shape index (κ1) is 15.3. The van der Waals surface area contributed by atoms with Crippen LogP contribution in [0.25, 0.3) is 0 Å². The SMILES string of the molecule is O=C(O)C1(N2CCN(Cc3ccncc3F)CC2)CCOC1. The van der Waals surface area contributed by atoms with Gasteiger partial charge in [0.15, 0.2) is 0 Å². The summed E-state index contributed by atoms with van der Waals surface area (Å²) >= 11 is 0. The number of carbonyl (C=O) groups is 1. The molecule has 3 heterocycles. The van der Waals surface area contributed by atoms with Gasteiger partial charge in [0.25, 0.3) is 0 Å². The number of nitrogens with zero attached hydrogens (tertiary/aromatic N) is 3. The van der Waals surface area contributed by atoms with Crippen molar-refractivity contribution < 1.29 is 19.0 Å². The van der Waals surface area contributed by atoms with E-state index >= 15 is 0 Å². The van der Waals surface area contributed by atoms with Crippen LogP contribution in [0.4, 0.5) is 4.39 Å². The van der Waals surface area contributed by atoms with Gasteiger partial charge in [-0.25, -0.2) is 4.39 Å². The van der Waals surface area contributed by atoms with Gasteiger partial charge in [0.1, 0.15) is 11.4 Å². The number of halogens is 1. The summed E-state index contributed by atoms with van der Waals surface area (Å²) in [6.45, 7) is 4.02. The van der Waals surface area contributed by atoms with Crippen molar-refractivity contribution in [1.82, 2.24) is 14.8 Å². The number of piperazine rings is 1. The largest absolute Gasteiger partial charge is 0.480 e. The molecule has 2 saturated heterocycles. The van der Waals surface area contributed by atoms with Gasteiger partial charge >= 0.3 is 5.97 Å². The van der Waals surface area contributed by atoms with E-state index in [1.165, 1.54) is 6.20 Å². The minimum absolute atomic E-state index is 0.251. The maximum absolute atomic E-state index is 13.6. The lowest BCUT2D eigenvalue weighted by Gasteiger charge is -2.42. The van der Waals surface area contributed by atoms with E-state index in [1.54, 1.807) is 12.3 Å². The van der Waals surface area contributed by atoms with E-state index < -0.39 is 11.5 Å². The maximum Gasteiger partial charge on any atom is 0.326 e. The van der Waals surface area contributed by atoms with Crippen LogP contribution < -0.4 is 0 Å². The predicted molar refractivity (Wildman–Crippen MR) is 76.8 cm³/mol. The number of pyridine rings is 1. The second-order valence-corrected chi connectivity index (χ2v) is 5.87. The number of carboxylic acids is 1. The fraction of sp³-hybridized carbons (Fsp3) is 0.600. The highest BCUT2D eigenvalue weighted by atomic mass is 19.1. The van der Waals surface area contributed by atoms with Crippen LogP contribution in [-0.4, -0.2) is 70.8 Å². The number of ether oxygens (including phenoxy) is 1. The molecule has 0 aromatic carbocycles. The Hall–Kier alpha value is -1.57. The molecule has 1 atom stereocenters. The Morgan fingerprint density at radius 3 is 2.77 bits per heavy atom. The van der Waals surface area contributed by atoms with Crippen LogP contribution >= 0.6 is 0 Å². The molecule has 0 radical (unpaired) electrons. The summed E-state index contributed by atoms with van der Waals surface area (Å²) in [6, 6.07) is 1.69. The van der Waals surface area contributed by atoms with Crippen molar-refractivity contribution in [1.29, 1.82) is 0 Å². The fourth-order valence-corrected chi connectivity index (χ4v) is 3.21. The summed E-state index contributed by atoms with van der Waals surface area (Å²) in [5.41, 5.74) is -0.255. The van der Waals surface area contributed by atoms with Crippen molar-refractivity contribution in [3.8, 4) is 0 Å². The average Bonchev–Trinajstić information content (AvgIpc) is 3.01. The quantitative estimate of drug-likeness (QED) is 0.878. The summed E-state index contributed by atoms with van der Waals surface area (Å²) in [6.07, 6.45) is 3.34. The van der Waals surface area contributed by atoms with Gasteiger partial charge in [-0.15, -0.1) is 0 Å². The van der Waals surface area contributed by atoms with E-state index in [0.717, 1.165) is 13.1 Å². The molecule has 2 fully saturated rings. The first-order valence-corrected chi connectivity index (χ1v) is 7.49. The number of carboxylic acid groups (broad SMARTS) is 1. The van der Waals surface area contributed by atoms with Crippen molar-refractivity contribution in [3.63, 3.8) is 0 Å². The number of aromatic nitrogens is 1. The molecule has 0 aliphatic carbocycles. The molecule has 1 aromatic rings. The molecular weight excluding hydrogens is 289 g/mol. The topological polar surface area (TPSA) is 65.9 Å². The Balaban J connectivity index is 1.61. The minimum Gasteiger partial charge on any atom is -0.480 e. The Morgan fingerprint density at radius 1 is 1.41 bits per heavy atom. The lowest BCUT2D eigenvalue weighted by atomic mass is 9.95. The van der Waals surface area contributed by atoms with Crippen LogP contribution in [0.1, 0.15) is 12.0 Å². The highest BCUT2D eigenvalue weighted by Crippen LogP contribution is 2.28. The maximum atomic E-state index is 13.6. The molecule has 1 aromatic heterocycles. The standard InChI is InChI=1S/C15H20FN3O3/c16-13-9-17-3-1-12(13)10-18-4-6-19(7-5-18)15(14(20)21)2-8-22-11-15/h1,3,9H,2,4-8,10-11H2,(H,20,21). The van der Waals surface area contributed by atoms with E-state index in [1.807, 2.05) is 4.90 Å². The van der Waals surface area contributed by atoms with Crippen molar-refractivity contribution >= 4 is 5.97 Å². The highest BCUT2D eigenvalue weighted by molar-refractivity contribution is 5.79. The normalized spacial score (nSPS) is 27.1. The average molecular weight is 309 g/mol. The number of hydrogen-bond acceptors (Lipinski definition) is 5. The minimum atomic E-state index is -0.881. The third-order valence-electron chi connectivity index (χ3n) is 4.63. The zero-order valence-electron chi connectivity index (χ0n) is 12.4. The summed E-state index contributed by atoms with van der Waals surface area (Å²) < 4.78 is 19.0. The monoisotopic (exact) mass is 309 g/mol. The Morgan fingerprint density at radius 2 is 2.18 bits per heavy atom. The third-order valence-corrected chi connectivity index (χ3v) is 4.63. The smallest absolute Gasteiger partial charge is 0.326 e.